The average Bonchev–Trinajstić information content (AvgIpc) is 2.33. The summed E-state index contributed by atoms with van der Waals surface area (Å²) in [6.07, 6.45) is 1.88. The van der Waals surface area contributed by atoms with Crippen molar-refractivity contribution in [3.63, 3.8) is 0 Å². The van der Waals surface area contributed by atoms with Crippen LogP contribution in [0, 0.1) is 0 Å². The molecular weight excluding hydrogens is 254 g/mol. The number of nitrogens with one attached hydrogen (secondary N) is 2. The van der Waals surface area contributed by atoms with Gasteiger partial charge in [0.1, 0.15) is 0 Å². The molecule has 0 unspecified atom stereocenters. The first-order valence-electron chi connectivity index (χ1n) is 6.60. The van der Waals surface area contributed by atoms with Crippen molar-refractivity contribution in [2.45, 2.75) is 44.9 Å². The molecule has 2 aliphatic rings. The van der Waals surface area contributed by atoms with E-state index in [1.165, 1.54) is 4.31 Å². The van der Waals surface area contributed by atoms with E-state index in [4.69, 9.17) is 4.74 Å². The number of morpholine rings is 1. The lowest BCUT2D eigenvalue weighted by molar-refractivity contribution is -0.0176. The standard InChI is InChI=1S/C11H23N3O3S/c1-9-8-17-10(2)7-14(9)18(15,16)13-11-4-3-5-12-6-11/h9-13H,3-8H2,1-2H3/t9-,10+,11+/m0/s1. The van der Waals surface area contributed by atoms with Crippen molar-refractivity contribution in [2.75, 3.05) is 26.2 Å². The summed E-state index contributed by atoms with van der Waals surface area (Å²) in [6, 6.07) is -0.0932. The van der Waals surface area contributed by atoms with E-state index in [1.807, 2.05) is 13.8 Å². The Hall–Kier alpha value is -0.210. The molecule has 0 amide bonds. The summed E-state index contributed by atoms with van der Waals surface area (Å²) in [7, 11) is -3.40. The summed E-state index contributed by atoms with van der Waals surface area (Å²) >= 11 is 0. The van der Waals surface area contributed by atoms with E-state index in [1.54, 1.807) is 0 Å². The third-order valence-electron chi connectivity index (χ3n) is 3.47. The van der Waals surface area contributed by atoms with E-state index < -0.39 is 10.2 Å². The lowest BCUT2D eigenvalue weighted by atomic mass is 10.1. The summed E-state index contributed by atoms with van der Waals surface area (Å²) in [5.41, 5.74) is 0. The van der Waals surface area contributed by atoms with Gasteiger partial charge in [-0.05, 0) is 33.2 Å². The molecule has 0 saturated carbocycles. The summed E-state index contributed by atoms with van der Waals surface area (Å²) in [5, 5.41) is 3.21. The molecule has 0 bridgehead atoms. The fourth-order valence-corrected chi connectivity index (χ4v) is 4.14. The lowest BCUT2D eigenvalue weighted by Gasteiger charge is -2.37. The van der Waals surface area contributed by atoms with Crippen molar-refractivity contribution in [2.24, 2.45) is 0 Å². The first-order valence-corrected chi connectivity index (χ1v) is 8.04. The number of ether oxygens (including phenoxy) is 1. The van der Waals surface area contributed by atoms with Crippen molar-refractivity contribution in [1.82, 2.24) is 14.3 Å². The van der Waals surface area contributed by atoms with Crippen LogP contribution in [0.2, 0.25) is 0 Å². The van der Waals surface area contributed by atoms with Gasteiger partial charge in [-0.3, -0.25) is 0 Å². The molecule has 2 aliphatic heterocycles. The topological polar surface area (TPSA) is 70.7 Å². The average molecular weight is 277 g/mol. The summed E-state index contributed by atoms with van der Waals surface area (Å²) < 4.78 is 34.5. The molecule has 6 nitrogen and oxygen atoms in total. The molecule has 2 N–H and O–H groups in total. The molecule has 2 rings (SSSR count). The highest BCUT2D eigenvalue weighted by Crippen LogP contribution is 2.16. The van der Waals surface area contributed by atoms with E-state index in [9.17, 15) is 8.42 Å². The fraction of sp³-hybridized carbons (Fsp3) is 1.00. The van der Waals surface area contributed by atoms with Crippen LogP contribution in [0.4, 0.5) is 0 Å². The molecule has 7 heteroatoms. The fourth-order valence-electron chi connectivity index (χ4n) is 2.44. The van der Waals surface area contributed by atoms with Crippen molar-refractivity contribution in [1.29, 1.82) is 0 Å². The molecule has 2 saturated heterocycles. The largest absolute Gasteiger partial charge is 0.375 e. The van der Waals surface area contributed by atoms with Gasteiger partial charge in [0, 0.05) is 25.2 Å². The molecule has 0 aromatic carbocycles. The summed E-state index contributed by atoms with van der Waals surface area (Å²) in [4.78, 5) is 0. The van der Waals surface area contributed by atoms with Gasteiger partial charge in [0.2, 0.25) is 0 Å². The maximum Gasteiger partial charge on any atom is 0.280 e. The SMILES string of the molecule is C[C@@H]1CN(S(=O)(=O)N[C@@H]2CCCNC2)[C@@H](C)CO1. The van der Waals surface area contributed by atoms with Crippen LogP contribution in [-0.4, -0.2) is 57.2 Å². The Morgan fingerprint density at radius 1 is 1.39 bits per heavy atom. The third kappa shape index (κ3) is 3.42. The lowest BCUT2D eigenvalue weighted by Crippen LogP contribution is -2.57. The highest BCUT2D eigenvalue weighted by Gasteiger charge is 2.34. The molecule has 2 heterocycles. The summed E-state index contributed by atoms with van der Waals surface area (Å²) in [5.74, 6) is 0. The molecular formula is C11H23N3O3S. The molecule has 0 spiro atoms. The first kappa shape index (κ1) is 14.2. The molecule has 106 valence electrons. The van der Waals surface area contributed by atoms with Gasteiger partial charge in [-0.1, -0.05) is 0 Å². The van der Waals surface area contributed by atoms with E-state index in [0.717, 1.165) is 19.4 Å². The molecule has 0 aromatic heterocycles. The van der Waals surface area contributed by atoms with Crippen LogP contribution in [0.15, 0.2) is 0 Å². The first-order chi connectivity index (χ1) is 8.49. The van der Waals surface area contributed by atoms with Gasteiger partial charge in [-0.25, -0.2) is 0 Å². The van der Waals surface area contributed by atoms with Crippen LogP contribution in [-0.2, 0) is 14.9 Å². The number of piperidine rings is 1. The zero-order valence-corrected chi connectivity index (χ0v) is 11.9. The van der Waals surface area contributed by atoms with E-state index in [-0.39, 0.29) is 18.2 Å². The number of hydrogen-bond acceptors (Lipinski definition) is 4. The highest BCUT2D eigenvalue weighted by molar-refractivity contribution is 7.87. The van der Waals surface area contributed by atoms with Crippen LogP contribution < -0.4 is 10.0 Å². The quantitative estimate of drug-likeness (QED) is 0.742. The van der Waals surface area contributed by atoms with Crippen LogP contribution in [0.5, 0.6) is 0 Å². The minimum absolute atomic E-state index is 0.00843. The van der Waals surface area contributed by atoms with E-state index in [2.05, 4.69) is 10.0 Å². The predicted octanol–water partition coefficient (Wildman–Crippen LogP) is -0.318. The number of rotatable bonds is 3. The van der Waals surface area contributed by atoms with Crippen molar-refractivity contribution in [3.8, 4) is 0 Å². The van der Waals surface area contributed by atoms with E-state index in [0.29, 0.717) is 19.7 Å². The van der Waals surface area contributed by atoms with E-state index >= 15 is 0 Å². The van der Waals surface area contributed by atoms with Crippen molar-refractivity contribution >= 4 is 10.2 Å². The van der Waals surface area contributed by atoms with Crippen LogP contribution in [0.3, 0.4) is 0 Å². The number of nitrogens with zero attached hydrogens (tertiary/aromatic N) is 1. The van der Waals surface area contributed by atoms with Gasteiger partial charge in [0.15, 0.2) is 0 Å². The van der Waals surface area contributed by atoms with Crippen molar-refractivity contribution < 1.29 is 13.2 Å². The van der Waals surface area contributed by atoms with Crippen LogP contribution in [0.1, 0.15) is 26.7 Å². The Morgan fingerprint density at radius 3 is 2.83 bits per heavy atom. The Balaban J connectivity index is 2.00. The normalized spacial score (nSPS) is 35.6. The second-order valence-corrected chi connectivity index (χ2v) is 6.88. The zero-order chi connectivity index (χ0) is 13.2. The Morgan fingerprint density at radius 2 is 2.17 bits per heavy atom. The summed E-state index contributed by atoms with van der Waals surface area (Å²) in [6.45, 7) is 6.36. The zero-order valence-electron chi connectivity index (χ0n) is 11.1. The molecule has 2 fully saturated rings. The van der Waals surface area contributed by atoms with Crippen LogP contribution >= 0.6 is 0 Å². The molecule has 0 radical (unpaired) electrons. The smallest absolute Gasteiger partial charge is 0.280 e. The third-order valence-corrected chi connectivity index (χ3v) is 5.23. The molecule has 0 aliphatic carbocycles. The Labute approximate surface area is 109 Å². The van der Waals surface area contributed by atoms with Crippen LogP contribution in [0.25, 0.3) is 0 Å². The van der Waals surface area contributed by atoms with Crippen molar-refractivity contribution in [3.05, 3.63) is 0 Å². The van der Waals surface area contributed by atoms with Gasteiger partial charge in [-0.2, -0.15) is 17.4 Å². The second-order valence-electron chi connectivity index (χ2n) is 5.23. The predicted molar refractivity (Wildman–Crippen MR) is 69.5 cm³/mol. The minimum Gasteiger partial charge on any atom is -0.375 e. The number of hydrogen-bond donors (Lipinski definition) is 2. The second kappa shape index (κ2) is 5.83. The van der Waals surface area contributed by atoms with Gasteiger partial charge >= 0.3 is 0 Å². The maximum atomic E-state index is 12.3. The molecule has 18 heavy (non-hydrogen) atoms. The monoisotopic (exact) mass is 277 g/mol. The Kier molecular flexibility index (Phi) is 4.60. The molecule has 3 atom stereocenters. The van der Waals surface area contributed by atoms with Gasteiger partial charge in [0.05, 0.1) is 12.7 Å². The highest BCUT2D eigenvalue weighted by atomic mass is 32.2. The van der Waals surface area contributed by atoms with Gasteiger partial charge in [0.25, 0.3) is 10.2 Å². The Bertz CT molecular complexity index is 368. The maximum absolute atomic E-state index is 12.3. The minimum atomic E-state index is -3.40. The molecule has 0 aromatic rings. The van der Waals surface area contributed by atoms with Gasteiger partial charge < -0.3 is 10.1 Å². The van der Waals surface area contributed by atoms with Gasteiger partial charge in [-0.15, -0.1) is 0 Å².